The summed E-state index contributed by atoms with van der Waals surface area (Å²) >= 11 is 0. The maximum Gasteiger partial charge on any atom is 0.250 e. The van der Waals surface area contributed by atoms with Crippen molar-refractivity contribution in [2.75, 3.05) is 5.32 Å². The highest BCUT2D eigenvalue weighted by atomic mass is 16.1. The molecule has 122 valence electrons. The molecule has 1 aromatic heterocycles. The number of pyridine rings is 1. The Morgan fingerprint density at radius 2 is 1.87 bits per heavy atom. The van der Waals surface area contributed by atoms with Crippen molar-refractivity contribution >= 4 is 5.69 Å². The van der Waals surface area contributed by atoms with Crippen molar-refractivity contribution in [3.63, 3.8) is 0 Å². The lowest BCUT2D eigenvalue weighted by atomic mass is 9.86. The quantitative estimate of drug-likeness (QED) is 0.871. The molecule has 2 unspecified atom stereocenters. The average Bonchev–Trinajstić information content (AvgIpc) is 2.56. The van der Waals surface area contributed by atoms with Gasteiger partial charge in [0.05, 0.1) is 0 Å². The second kappa shape index (κ2) is 7.49. The minimum atomic E-state index is -0.0125. The zero-order chi connectivity index (χ0) is 16.1. The van der Waals surface area contributed by atoms with Crippen molar-refractivity contribution in [3.8, 4) is 0 Å². The Morgan fingerprint density at radius 1 is 1.09 bits per heavy atom. The summed E-state index contributed by atoms with van der Waals surface area (Å²) < 4.78 is 0. The molecule has 1 fully saturated rings. The molecule has 3 nitrogen and oxygen atoms in total. The van der Waals surface area contributed by atoms with E-state index in [0.717, 1.165) is 24.2 Å². The number of nitrogens with one attached hydrogen (secondary N) is 2. The van der Waals surface area contributed by atoms with Gasteiger partial charge >= 0.3 is 0 Å². The van der Waals surface area contributed by atoms with Crippen molar-refractivity contribution in [2.45, 2.75) is 51.5 Å². The normalized spacial score (nSPS) is 21.1. The van der Waals surface area contributed by atoms with Crippen LogP contribution in [-0.4, -0.2) is 11.0 Å². The van der Waals surface area contributed by atoms with Gasteiger partial charge in [-0.3, -0.25) is 4.79 Å². The molecular weight excluding hydrogens is 284 g/mol. The lowest BCUT2D eigenvalue weighted by molar-refractivity contribution is 0.349. The molecular formula is C20H26N2O. The van der Waals surface area contributed by atoms with E-state index >= 15 is 0 Å². The van der Waals surface area contributed by atoms with E-state index in [-0.39, 0.29) is 5.56 Å². The Balaban J connectivity index is 1.67. The van der Waals surface area contributed by atoms with Crippen LogP contribution < -0.4 is 10.9 Å². The zero-order valence-corrected chi connectivity index (χ0v) is 13.8. The van der Waals surface area contributed by atoms with Gasteiger partial charge in [0.2, 0.25) is 5.56 Å². The van der Waals surface area contributed by atoms with Gasteiger partial charge < -0.3 is 10.3 Å². The van der Waals surface area contributed by atoms with Crippen LogP contribution in [0.15, 0.2) is 47.3 Å². The van der Waals surface area contributed by atoms with Crippen molar-refractivity contribution < 1.29 is 0 Å². The van der Waals surface area contributed by atoms with Gasteiger partial charge in [0, 0.05) is 23.5 Å². The molecule has 2 N–H and O–H groups in total. The van der Waals surface area contributed by atoms with Crippen LogP contribution in [0, 0.1) is 5.92 Å². The second-order valence-electron chi connectivity index (χ2n) is 6.76. The van der Waals surface area contributed by atoms with Crippen LogP contribution >= 0.6 is 0 Å². The zero-order valence-electron chi connectivity index (χ0n) is 13.8. The van der Waals surface area contributed by atoms with E-state index < -0.39 is 0 Å². The third-order valence-electron chi connectivity index (χ3n) is 4.89. The van der Waals surface area contributed by atoms with E-state index in [1.807, 2.05) is 6.07 Å². The van der Waals surface area contributed by atoms with Gasteiger partial charge in [0.15, 0.2) is 0 Å². The van der Waals surface area contributed by atoms with Crippen LogP contribution in [0.2, 0.25) is 0 Å². The van der Waals surface area contributed by atoms with Gasteiger partial charge in [-0.05, 0) is 43.2 Å². The fourth-order valence-electron chi connectivity index (χ4n) is 3.49. The summed E-state index contributed by atoms with van der Waals surface area (Å²) in [6.07, 6.45) is 6.90. The summed E-state index contributed by atoms with van der Waals surface area (Å²) in [7, 11) is 0. The molecule has 23 heavy (non-hydrogen) atoms. The number of H-pyrrole nitrogens is 1. The number of aromatic amines is 1. The van der Waals surface area contributed by atoms with Crippen LogP contribution in [-0.2, 0) is 12.8 Å². The van der Waals surface area contributed by atoms with E-state index in [2.05, 4.69) is 47.6 Å². The highest BCUT2D eigenvalue weighted by Crippen LogP contribution is 2.26. The molecule has 1 aliphatic rings. The Bertz CT molecular complexity index is 678. The minimum Gasteiger partial charge on any atom is -0.382 e. The molecule has 0 saturated heterocycles. The molecule has 3 rings (SSSR count). The fraction of sp³-hybridized carbons (Fsp3) is 0.450. The first-order valence-corrected chi connectivity index (χ1v) is 8.74. The van der Waals surface area contributed by atoms with E-state index in [4.69, 9.17) is 0 Å². The number of aryl methyl sites for hydroxylation is 2. The first-order chi connectivity index (χ1) is 11.2. The Kier molecular flexibility index (Phi) is 5.16. The molecule has 1 aromatic carbocycles. The van der Waals surface area contributed by atoms with Crippen molar-refractivity contribution in [1.82, 2.24) is 4.98 Å². The SMILES string of the molecule is CC1CCCCC1Nc1cc(CCc2ccccc2)[nH]c(=O)c1. The molecule has 1 heterocycles. The molecule has 0 amide bonds. The third-order valence-corrected chi connectivity index (χ3v) is 4.89. The maximum atomic E-state index is 12.0. The molecule has 1 aliphatic carbocycles. The van der Waals surface area contributed by atoms with Crippen LogP contribution in [0.3, 0.4) is 0 Å². The monoisotopic (exact) mass is 310 g/mol. The second-order valence-corrected chi connectivity index (χ2v) is 6.76. The molecule has 0 aliphatic heterocycles. The van der Waals surface area contributed by atoms with E-state index in [1.54, 1.807) is 6.07 Å². The maximum absolute atomic E-state index is 12.0. The molecule has 3 heteroatoms. The Hall–Kier alpha value is -2.03. The number of hydrogen-bond donors (Lipinski definition) is 2. The minimum absolute atomic E-state index is 0.0125. The van der Waals surface area contributed by atoms with Crippen LogP contribution in [0.5, 0.6) is 0 Å². The van der Waals surface area contributed by atoms with Gasteiger partial charge in [0.1, 0.15) is 0 Å². The number of anilines is 1. The summed E-state index contributed by atoms with van der Waals surface area (Å²) in [5.74, 6) is 0.677. The molecule has 0 spiro atoms. The molecule has 2 atom stereocenters. The first kappa shape index (κ1) is 15.9. The number of rotatable bonds is 5. The smallest absolute Gasteiger partial charge is 0.250 e. The fourth-order valence-corrected chi connectivity index (χ4v) is 3.49. The van der Waals surface area contributed by atoms with Gasteiger partial charge in [0.25, 0.3) is 0 Å². The first-order valence-electron chi connectivity index (χ1n) is 8.74. The summed E-state index contributed by atoms with van der Waals surface area (Å²) in [6.45, 7) is 2.31. The number of benzene rings is 1. The van der Waals surface area contributed by atoms with E-state index in [0.29, 0.717) is 12.0 Å². The standard InChI is InChI=1S/C20H26N2O/c1-15-7-5-6-10-19(15)21-18-13-17(22-20(23)14-18)12-11-16-8-3-2-4-9-16/h2-4,8-9,13-15,19H,5-7,10-12H2,1H3,(H2,21,22,23). The van der Waals surface area contributed by atoms with Gasteiger partial charge in [-0.1, -0.05) is 50.1 Å². The predicted molar refractivity (Wildman–Crippen MR) is 96.0 cm³/mol. The van der Waals surface area contributed by atoms with Gasteiger partial charge in [-0.15, -0.1) is 0 Å². The summed E-state index contributed by atoms with van der Waals surface area (Å²) in [5, 5.41) is 3.59. The van der Waals surface area contributed by atoms with Gasteiger partial charge in [-0.25, -0.2) is 0 Å². The highest BCUT2D eigenvalue weighted by Gasteiger charge is 2.21. The largest absolute Gasteiger partial charge is 0.382 e. The predicted octanol–water partition coefficient (Wildman–Crippen LogP) is 4.15. The van der Waals surface area contributed by atoms with E-state index in [9.17, 15) is 4.79 Å². The Labute approximate surface area is 138 Å². The topological polar surface area (TPSA) is 44.9 Å². The van der Waals surface area contributed by atoms with Crippen LogP contribution in [0.25, 0.3) is 0 Å². The molecule has 0 radical (unpaired) electrons. The lowest BCUT2D eigenvalue weighted by Gasteiger charge is -2.30. The average molecular weight is 310 g/mol. The Morgan fingerprint density at radius 3 is 2.65 bits per heavy atom. The van der Waals surface area contributed by atoms with E-state index in [1.165, 1.54) is 31.2 Å². The van der Waals surface area contributed by atoms with Crippen molar-refractivity contribution in [2.24, 2.45) is 5.92 Å². The molecule has 0 bridgehead atoms. The number of hydrogen-bond acceptors (Lipinski definition) is 2. The third kappa shape index (κ3) is 4.47. The van der Waals surface area contributed by atoms with Crippen molar-refractivity contribution in [3.05, 3.63) is 64.1 Å². The van der Waals surface area contributed by atoms with Gasteiger partial charge in [-0.2, -0.15) is 0 Å². The lowest BCUT2D eigenvalue weighted by Crippen LogP contribution is -2.30. The molecule has 1 saturated carbocycles. The summed E-state index contributed by atoms with van der Waals surface area (Å²) in [5.41, 5.74) is 3.26. The molecule has 2 aromatic rings. The van der Waals surface area contributed by atoms with Crippen molar-refractivity contribution in [1.29, 1.82) is 0 Å². The van der Waals surface area contributed by atoms with Crippen LogP contribution in [0.1, 0.15) is 43.9 Å². The number of aromatic nitrogens is 1. The summed E-state index contributed by atoms with van der Waals surface area (Å²) in [6, 6.07) is 14.7. The summed E-state index contributed by atoms with van der Waals surface area (Å²) in [4.78, 5) is 14.9. The highest BCUT2D eigenvalue weighted by molar-refractivity contribution is 5.44. The van der Waals surface area contributed by atoms with Crippen LogP contribution in [0.4, 0.5) is 5.69 Å².